The van der Waals surface area contributed by atoms with Gasteiger partial charge in [-0.1, -0.05) is 20.8 Å². The molecule has 0 saturated heterocycles. The Morgan fingerprint density at radius 1 is 0.757 bits per heavy atom. The Morgan fingerprint density at radius 3 is 2.05 bits per heavy atom. The molecule has 0 aliphatic heterocycles. The van der Waals surface area contributed by atoms with Crippen molar-refractivity contribution in [1.82, 2.24) is 0 Å². The van der Waals surface area contributed by atoms with Crippen LogP contribution in [-0.4, -0.2) is 42.8 Å². The molecule has 4 nitrogen and oxygen atoms in total. The van der Waals surface area contributed by atoms with Crippen LogP contribution in [0.25, 0.3) is 0 Å². The Morgan fingerprint density at radius 2 is 1.41 bits per heavy atom. The number of aliphatic hydroxyl groups is 4. The summed E-state index contributed by atoms with van der Waals surface area (Å²) in [4.78, 5) is 0. The van der Waals surface area contributed by atoms with Gasteiger partial charge in [0.15, 0.2) is 0 Å². The standard InChI is InChI=1S/C33H58O4/c1-22(11-14-32(36)18-15-29(4,35)16-19-32)25-9-10-26-24-8-7-23-21-33(37,28(2,3)34)20-17-30(23,5)27(24)12-13-31(25,26)6/h22-27,34-37H,7-21H2,1-6H3/t22-,23+,24+,25-,26+,27+,29?,30+,31-,32?,33+/m1/s1. The maximum absolute atomic E-state index is 11.4. The van der Waals surface area contributed by atoms with E-state index >= 15 is 0 Å². The fraction of sp³-hybridized carbons (Fsp3) is 1.00. The predicted octanol–water partition coefficient (Wildman–Crippen LogP) is 6.62. The maximum atomic E-state index is 11.4. The molecule has 9 atom stereocenters. The third-order valence-electron chi connectivity index (χ3n) is 13.9. The van der Waals surface area contributed by atoms with E-state index in [1.54, 1.807) is 13.8 Å². The average Bonchev–Trinajstić information content (AvgIpc) is 3.17. The molecular weight excluding hydrogens is 460 g/mol. The normalized spacial score (nSPS) is 53.2. The summed E-state index contributed by atoms with van der Waals surface area (Å²) in [5, 5.41) is 43.6. The van der Waals surface area contributed by atoms with Gasteiger partial charge in [0.25, 0.3) is 0 Å². The summed E-state index contributed by atoms with van der Waals surface area (Å²) in [6.07, 6.45) is 15.3. The van der Waals surface area contributed by atoms with E-state index in [1.807, 2.05) is 6.92 Å². The maximum Gasteiger partial charge on any atom is 0.0930 e. The fourth-order valence-corrected chi connectivity index (χ4v) is 11.0. The van der Waals surface area contributed by atoms with Crippen molar-refractivity contribution in [2.75, 3.05) is 0 Å². The summed E-state index contributed by atoms with van der Waals surface area (Å²) < 4.78 is 0. The second-order valence-corrected chi connectivity index (χ2v) is 16.4. The zero-order chi connectivity index (χ0) is 27.1. The van der Waals surface area contributed by atoms with Gasteiger partial charge in [-0.05, 0) is 163 Å². The minimum absolute atomic E-state index is 0.302. The Labute approximate surface area is 227 Å². The lowest BCUT2D eigenvalue weighted by molar-refractivity contribution is -0.204. The van der Waals surface area contributed by atoms with Crippen LogP contribution in [0.1, 0.15) is 138 Å². The van der Waals surface area contributed by atoms with Crippen LogP contribution in [0, 0.1) is 46.3 Å². The molecule has 5 saturated carbocycles. The van der Waals surface area contributed by atoms with E-state index in [4.69, 9.17) is 0 Å². The zero-order valence-electron chi connectivity index (χ0n) is 24.9. The van der Waals surface area contributed by atoms with Crippen LogP contribution >= 0.6 is 0 Å². The summed E-state index contributed by atoms with van der Waals surface area (Å²) in [5.41, 5.74) is -2.43. The van der Waals surface area contributed by atoms with Gasteiger partial charge in [0.2, 0.25) is 0 Å². The lowest BCUT2D eigenvalue weighted by atomic mass is 9.43. The Kier molecular flexibility index (Phi) is 7.04. The molecule has 4 N–H and O–H groups in total. The van der Waals surface area contributed by atoms with Crippen LogP contribution < -0.4 is 0 Å². The Hall–Kier alpha value is -0.160. The molecule has 0 heterocycles. The molecule has 0 aromatic carbocycles. The topological polar surface area (TPSA) is 80.9 Å². The summed E-state index contributed by atoms with van der Waals surface area (Å²) in [6, 6.07) is 0. The van der Waals surface area contributed by atoms with Crippen LogP contribution in [0.2, 0.25) is 0 Å². The monoisotopic (exact) mass is 518 g/mol. The molecule has 0 amide bonds. The molecule has 5 fully saturated rings. The minimum atomic E-state index is -1.03. The van der Waals surface area contributed by atoms with Crippen LogP contribution in [0.15, 0.2) is 0 Å². The summed E-state index contributed by atoms with van der Waals surface area (Å²) in [5.74, 6) is 4.32. The largest absolute Gasteiger partial charge is 0.390 e. The quantitative estimate of drug-likeness (QED) is 0.330. The van der Waals surface area contributed by atoms with E-state index in [0.29, 0.717) is 22.7 Å². The second-order valence-electron chi connectivity index (χ2n) is 16.4. The van der Waals surface area contributed by atoms with Crippen LogP contribution in [-0.2, 0) is 0 Å². The number of hydrogen-bond acceptors (Lipinski definition) is 4. The fourth-order valence-electron chi connectivity index (χ4n) is 11.0. The highest BCUT2D eigenvalue weighted by Gasteiger charge is 2.62. The molecule has 0 aromatic rings. The van der Waals surface area contributed by atoms with E-state index in [0.717, 1.165) is 81.5 Å². The predicted molar refractivity (Wildman–Crippen MR) is 149 cm³/mol. The number of rotatable bonds is 5. The van der Waals surface area contributed by atoms with E-state index < -0.39 is 22.4 Å². The SMILES string of the molecule is C[C@H](CCC1(O)CCC(C)(O)CC1)[C@H]1CC[C@H]2[C@@H]3CC[C@H]4C[C@](O)(C(C)(C)O)CC[C@]4(C)[C@H]3CC[C@]12C. The van der Waals surface area contributed by atoms with Crippen molar-refractivity contribution in [3.8, 4) is 0 Å². The lowest BCUT2D eigenvalue weighted by Crippen LogP contribution is -2.60. The highest BCUT2D eigenvalue weighted by atomic mass is 16.4. The van der Waals surface area contributed by atoms with Crippen molar-refractivity contribution in [1.29, 1.82) is 0 Å². The molecule has 0 spiro atoms. The third kappa shape index (κ3) is 4.76. The highest BCUT2D eigenvalue weighted by Crippen LogP contribution is 2.69. The van der Waals surface area contributed by atoms with Crippen molar-refractivity contribution >= 4 is 0 Å². The van der Waals surface area contributed by atoms with Gasteiger partial charge in [0.05, 0.1) is 22.4 Å². The van der Waals surface area contributed by atoms with Crippen LogP contribution in [0.4, 0.5) is 0 Å². The Bertz CT molecular complexity index is 836. The van der Waals surface area contributed by atoms with Crippen molar-refractivity contribution in [3.63, 3.8) is 0 Å². The van der Waals surface area contributed by atoms with Crippen molar-refractivity contribution in [3.05, 3.63) is 0 Å². The van der Waals surface area contributed by atoms with E-state index in [2.05, 4.69) is 20.8 Å². The molecule has 4 heteroatoms. The number of hydrogen-bond donors (Lipinski definition) is 4. The van der Waals surface area contributed by atoms with Gasteiger partial charge >= 0.3 is 0 Å². The first-order valence-electron chi connectivity index (χ1n) is 15.9. The van der Waals surface area contributed by atoms with Gasteiger partial charge in [0, 0.05) is 0 Å². The molecule has 0 aromatic heterocycles. The van der Waals surface area contributed by atoms with E-state index in [-0.39, 0.29) is 0 Å². The van der Waals surface area contributed by atoms with Gasteiger partial charge in [-0.3, -0.25) is 0 Å². The molecule has 0 bridgehead atoms. The average molecular weight is 519 g/mol. The first kappa shape index (κ1) is 28.4. The van der Waals surface area contributed by atoms with E-state index in [9.17, 15) is 20.4 Å². The van der Waals surface area contributed by atoms with Crippen molar-refractivity contribution in [2.24, 2.45) is 46.3 Å². The molecule has 37 heavy (non-hydrogen) atoms. The van der Waals surface area contributed by atoms with Crippen LogP contribution in [0.3, 0.4) is 0 Å². The molecule has 5 aliphatic carbocycles. The highest BCUT2D eigenvalue weighted by molar-refractivity contribution is 5.12. The molecular formula is C33H58O4. The molecule has 5 rings (SSSR count). The molecule has 0 unspecified atom stereocenters. The van der Waals surface area contributed by atoms with Crippen molar-refractivity contribution in [2.45, 2.75) is 160 Å². The first-order valence-corrected chi connectivity index (χ1v) is 15.9. The molecule has 5 aliphatic rings. The number of fused-ring (bicyclic) bond motifs is 5. The third-order valence-corrected chi connectivity index (χ3v) is 13.9. The summed E-state index contributed by atoms with van der Waals surface area (Å²) in [6.45, 7) is 13.1. The Balaban J connectivity index is 1.24. The van der Waals surface area contributed by atoms with Gasteiger partial charge in [-0.25, -0.2) is 0 Å². The molecule has 0 radical (unpaired) electrons. The first-order chi connectivity index (χ1) is 17.0. The summed E-state index contributed by atoms with van der Waals surface area (Å²) in [7, 11) is 0. The summed E-state index contributed by atoms with van der Waals surface area (Å²) >= 11 is 0. The zero-order valence-corrected chi connectivity index (χ0v) is 24.9. The van der Waals surface area contributed by atoms with Crippen molar-refractivity contribution < 1.29 is 20.4 Å². The van der Waals surface area contributed by atoms with Gasteiger partial charge < -0.3 is 20.4 Å². The van der Waals surface area contributed by atoms with Gasteiger partial charge in [-0.2, -0.15) is 0 Å². The molecule has 214 valence electrons. The van der Waals surface area contributed by atoms with Gasteiger partial charge in [-0.15, -0.1) is 0 Å². The lowest BCUT2D eigenvalue weighted by Gasteiger charge is -2.63. The van der Waals surface area contributed by atoms with Crippen LogP contribution in [0.5, 0.6) is 0 Å². The smallest absolute Gasteiger partial charge is 0.0930 e. The van der Waals surface area contributed by atoms with E-state index in [1.165, 1.54) is 38.5 Å². The van der Waals surface area contributed by atoms with Gasteiger partial charge in [0.1, 0.15) is 0 Å². The minimum Gasteiger partial charge on any atom is -0.390 e. The second kappa shape index (κ2) is 9.18.